The van der Waals surface area contributed by atoms with E-state index < -0.39 is 0 Å². The van der Waals surface area contributed by atoms with Crippen LogP contribution >= 0.6 is 11.3 Å². The lowest BCUT2D eigenvalue weighted by atomic mass is 9.98. The molecule has 0 spiro atoms. The zero-order valence-corrected chi connectivity index (χ0v) is 15.3. The molecule has 0 aromatic carbocycles. The molecule has 1 atom stereocenters. The van der Waals surface area contributed by atoms with E-state index in [1.54, 1.807) is 17.5 Å². The number of pyridine rings is 1. The van der Waals surface area contributed by atoms with Crippen LogP contribution in [-0.4, -0.2) is 33.9 Å². The van der Waals surface area contributed by atoms with Gasteiger partial charge in [-0.05, 0) is 37.3 Å². The number of nitrogens with zero attached hydrogens (tertiary/aromatic N) is 3. The Bertz CT molecular complexity index is 668. The van der Waals surface area contributed by atoms with Crippen molar-refractivity contribution >= 4 is 17.2 Å². The normalized spacial score (nSPS) is 18.1. The Balaban J connectivity index is 1.57. The second-order valence-corrected chi connectivity index (χ2v) is 7.65. The van der Waals surface area contributed by atoms with E-state index in [2.05, 4.69) is 24.2 Å². The van der Waals surface area contributed by atoms with Crippen LogP contribution in [0.25, 0.3) is 0 Å². The molecule has 0 radical (unpaired) electrons. The molecule has 1 aliphatic rings. The van der Waals surface area contributed by atoms with Gasteiger partial charge in [0, 0.05) is 42.7 Å². The van der Waals surface area contributed by atoms with Gasteiger partial charge in [-0.2, -0.15) is 0 Å². The van der Waals surface area contributed by atoms with Crippen LogP contribution in [0, 0.1) is 0 Å². The predicted octanol–water partition coefficient (Wildman–Crippen LogP) is 4.00. The minimum Gasteiger partial charge on any atom is -0.342 e. The van der Waals surface area contributed by atoms with Crippen LogP contribution in [0.15, 0.2) is 29.8 Å². The fourth-order valence-electron chi connectivity index (χ4n) is 3.10. The number of hydrogen-bond donors (Lipinski definition) is 0. The molecule has 3 rings (SSSR count). The largest absolute Gasteiger partial charge is 0.342 e. The van der Waals surface area contributed by atoms with E-state index >= 15 is 0 Å². The van der Waals surface area contributed by atoms with Crippen molar-refractivity contribution in [3.63, 3.8) is 0 Å². The van der Waals surface area contributed by atoms with Crippen molar-refractivity contribution in [3.8, 4) is 0 Å². The van der Waals surface area contributed by atoms with Gasteiger partial charge in [0.1, 0.15) is 0 Å². The minimum absolute atomic E-state index is 0.242. The molecule has 0 N–H and O–H groups in total. The molecule has 0 bridgehead atoms. The monoisotopic (exact) mass is 343 g/mol. The Morgan fingerprint density at radius 3 is 3.00 bits per heavy atom. The fourth-order valence-corrected chi connectivity index (χ4v) is 4.21. The number of piperidine rings is 1. The molecular weight excluding hydrogens is 318 g/mol. The summed E-state index contributed by atoms with van der Waals surface area (Å²) in [6, 6.07) is 5.85. The summed E-state index contributed by atoms with van der Waals surface area (Å²) in [6.07, 6.45) is 5.24. The number of carbonyl (C=O) groups excluding carboxylic acids is 1. The highest BCUT2D eigenvalue weighted by atomic mass is 32.1. The van der Waals surface area contributed by atoms with E-state index in [1.807, 2.05) is 23.1 Å². The maximum atomic E-state index is 12.5. The van der Waals surface area contributed by atoms with E-state index in [4.69, 9.17) is 4.98 Å². The van der Waals surface area contributed by atoms with Crippen LogP contribution in [0.4, 0.5) is 0 Å². The highest BCUT2D eigenvalue weighted by Gasteiger charge is 2.26. The topological polar surface area (TPSA) is 46.1 Å². The SMILES string of the molecule is CC(C)c1csc([C@H]2CCCN(C(=O)CCc3ccccn3)C2)n1. The third kappa shape index (κ3) is 4.20. The summed E-state index contributed by atoms with van der Waals surface area (Å²) >= 11 is 1.75. The first-order valence-electron chi connectivity index (χ1n) is 8.76. The van der Waals surface area contributed by atoms with Crippen LogP contribution in [0.1, 0.15) is 61.3 Å². The number of carbonyl (C=O) groups is 1. The van der Waals surface area contributed by atoms with Crippen LogP contribution < -0.4 is 0 Å². The van der Waals surface area contributed by atoms with Crippen LogP contribution in [0.5, 0.6) is 0 Å². The third-order valence-corrected chi connectivity index (χ3v) is 5.60. The van der Waals surface area contributed by atoms with Gasteiger partial charge in [0.05, 0.1) is 10.7 Å². The van der Waals surface area contributed by atoms with Crippen molar-refractivity contribution < 1.29 is 4.79 Å². The standard InChI is InChI=1S/C19H25N3OS/c1-14(2)17-13-24-19(21-17)15-6-5-11-22(12-15)18(23)9-8-16-7-3-4-10-20-16/h3-4,7,10,13-15H,5-6,8-9,11-12H2,1-2H3/t15-/m0/s1. The Hall–Kier alpha value is -1.75. The van der Waals surface area contributed by atoms with Gasteiger partial charge in [-0.3, -0.25) is 9.78 Å². The second-order valence-electron chi connectivity index (χ2n) is 6.77. The molecule has 2 aromatic rings. The lowest BCUT2D eigenvalue weighted by Gasteiger charge is -2.32. The van der Waals surface area contributed by atoms with Gasteiger partial charge in [0.2, 0.25) is 5.91 Å². The summed E-state index contributed by atoms with van der Waals surface area (Å²) in [7, 11) is 0. The smallest absolute Gasteiger partial charge is 0.222 e. The van der Waals surface area contributed by atoms with Gasteiger partial charge in [-0.15, -0.1) is 11.3 Å². The fraction of sp³-hybridized carbons (Fsp3) is 0.526. The van der Waals surface area contributed by atoms with Gasteiger partial charge in [-0.1, -0.05) is 19.9 Å². The molecule has 5 heteroatoms. The summed E-state index contributed by atoms with van der Waals surface area (Å²) in [5.41, 5.74) is 2.16. The lowest BCUT2D eigenvalue weighted by Crippen LogP contribution is -2.39. The number of rotatable bonds is 5. The maximum Gasteiger partial charge on any atom is 0.222 e. The quantitative estimate of drug-likeness (QED) is 0.824. The van der Waals surface area contributed by atoms with Crippen molar-refractivity contribution in [2.75, 3.05) is 13.1 Å². The number of aryl methyl sites for hydroxylation is 1. The van der Waals surface area contributed by atoms with Crippen LogP contribution in [0.3, 0.4) is 0 Å². The Kier molecular flexibility index (Phi) is 5.61. The van der Waals surface area contributed by atoms with Crippen LogP contribution in [-0.2, 0) is 11.2 Å². The van der Waals surface area contributed by atoms with Crippen molar-refractivity contribution in [2.45, 2.75) is 51.4 Å². The Morgan fingerprint density at radius 2 is 2.29 bits per heavy atom. The predicted molar refractivity (Wildman–Crippen MR) is 97.3 cm³/mol. The highest BCUT2D eigenvalue weighted by Crippen LogP contribution is 2.31. The molecule has 1 aliphatic heterocycles. The zero-order chi connectivity index (χ0) is 16.9. The first-order chi connectivity index (χ1) is 11.6. The number of hydrogen-bond acceptors (Lipinski definition) is 4. The summed E-state index contributed by atoms with van der Waals surface area (Å²) in [5, 5.41) is 3.36. The molecule has 4 nitrogen and oxygen atoms in total. The first-order valence-corrected chi connectivity index (χ1v) is 9.64. The minimum atomic E-state index is 0.242. The second kappa shape index (κ2) is 7.88. The Labute approximate surface area is 147 Å². The summed E-state index contributed by atoms with van der Waals surface area (Å²) in [4.78, 5) is 23.7. The van der Waals surface area contributed by atoms with E-state index in [0.29, 0.717) is 18.3 Å². The van der Waals surface area contributed by atoms with Crippen molar-refractivity contribution in [1.82, 2.24) is 14.9 Å². The molecule has 1 saturated heterocycles. The van der Waals surface area contributed by atoms with E-state index in [9.17, 15) is 4.79 Å². The molecule has 0 aliphatic carbocycles. The lowest BCUT2D eigenvalue weighted by molar-refractivity contribution is -0.132. The van der Waals surface area contributed by atoms with E-state index in [-0.39, 0.29) is 5.91 Å². The number of likely N-dealkylation sites (tertiary alicyclic amines) is 1. The molecule has 3 heterocycles. The molecule has 1 fully saturated rings. The van der Waals surface area contributed by atoms with E-state index in [1.165, 1.54) is 10.7 Å². The average Bonchev–Trinajstić information content (AvgIpc) is 3.11. The molecule has 0 unspecified atom stereocenters. The molecule has 2 aromatic heterocycles. The van der Waals surface area contributed by atoms with Crippen molar-refractivity contribution in [3.05, 3.63) is 46.2 Å². The number of amides is 1. The molecule has 0 saturated carbocycles. The summed E-state index contributed by atoms with van der Waals surface area (Å²) < 4.78 is 0. The van der Waals surface area contributed by atoms with Gasteiger partial charge < -0.3 is 4.90 Å². The highest BCUT2D eigenvalue weighted by molar-refractivity contribution is 7.09. The van der Waals surface area contributed by atoms with Gasteiger partial charge in [0.25, 0.3) is 0 Å². The third-order valence-electron chi connectivity index (χ3n) is 4.58. The van der Waals surface area contributed by atoms with E-state index in [0.717, 1.165) is 38.0 Å². The average molecular weight is 343 g/mol. The first kappa shape index (κ1) is 17.1. The zero-order valence-electron chi connectivity index (χ0n) is 14.4. The molecule has 24 heavy (non-hydrogen) atoms. The Morgan fingerprint density at radius 1 is 1.42 bits per heavy atom. The van der Waals surface area contributed by atoms with Gasteiger partial charge in [0.15, 0.2) is 0 Å². The van der Waals surface area contributed by atoms with Crippen molar-refractivity contribution in [2.24, 2.45) is 0 Å². The maximum absolute atomic E-state index is 12.5. The molecule has 128 valence electrons. The van der Waals surface area contributed by atoms with Gasteiger partial charge >= 0.3 is 0 Å². The number of aromatic nitrogens is 2. The summed E-state index contributed by atoms with van der Waals surface area (Å²) in [6.45, 7) is 6.03. The number of thiazole rings is 1. The molecular formula is C19H25N3OS. The summed E-state index contributed by atoms with van der Waals surface area (Å²) in [5.74, 6) is 1.11. The van der Waals surface area contributed by atoms with Gasteiger partial charge in [-0.25, -0.2) is 4.98 Å². The van der Waals surface area contributed by atoms with Crippen LogP contribution in [0.2, 0.25) is 0 Å². The molecule has 1 amide bonds. The van der Waals surface area contributed by atoms with Crippen molar-refractivity contribution in [1.29, 1.82) is 0 Å².